The molecule has 0 spiro atoms. The number of aliphatic carboxylic acids is 1. The van der Waals surface area contributed by atoms with Crippen LogP contribution in [0.3, 0.4) is 0 Å². The van der Waals surface area contributed by atoms with E-state index in [0.29, 0.717) is 0 Å². The molecule has 2 aromatic rings. The van der Waals surface area contributed by atoms with Crippen LogP contribution in [0.4, 0.5) is 0 Å². The molecule has 0 aliphatic carbocycles. The second-order valence-electron chi connectivity index (χ2n) is 4.94. The first-order valence-electron chi connectivity index (χ1n) is 6.62. The molecule has 102 valence electrons. The van der Waals surface area contributed by atoms with Crippen LogP contribution >= 0.6 is 0 Å². The van der Waals surface area contributed by atoms with Gasteiger partial charge in [0.15, 0.2) is 0 Å². The van der Waals surface area contributed by atoms with Crippen LogP contribution in [0.15, 0.2) is 48.5 Å². The van der Waals surface area contributed by atoms with Crippen LogP contribution in [0.1, 0.15) is 23.1 Å². The smallest absolute Gasteiger partial charge is 0.307 e. The highest BCUT2D eigenvalue weighted by Crippen LogP contribution is 2.25. The predicted molar refractivity (Wildman–Crippen MR) is 82.6 cm³/mol. The number of rotatable bonds is 4. The van der Waals surface area contributed by atoms with Gasteiger partial charge in [0.1, 0.15) is 0 Å². The Morgan fingerprint density at radius 2 is 1.95 bits per heavy atom. The fourth-order valence-corrected chi connectivity index (χ4v) is 2.24. The summed E-state index contributed by atoms with van der Waals surface area (Å²) in [5.74, 6) is -0.813. The molecular formula is C18H18O2. The SMILES string of the molecule is Cc1ccc(-c2cccc(/C=C/CC(=O)O)c2)c(C)c1. The summed E-state index contributed by atoms with van der Waals surface area (Å²) in [6.45, 7) is 4.19. The molecule has 2 heteroatoms. The third-order valence-electron chi connectivity index (χ3n) is 3.18. The number of carboxylic acids is 1. The van der Waals surface area contributed by atoms with Crippen molar-refractivity contribution in [2.75, 3.05) is 0 Å². The van der Waals surface area contributed by atoms with Crippen molar-refractivity contribution in [2.24, 2.45) is 0 Å². The molecule has 0 heterocycles. The van der Waals surface area contributed by atoms with Gasteiger partial charge in [0.05, 0.1) is 6.42 Å². The molecule has 0 saturated carbocycles. The maximum Gasteiger partial charge on any atom is 0.307 e. The first kappa shape index (κ1) is 14.1. The van der Waals surface area contributed by atoms with Gasteiger partial charge >= 0.3 is 5.97 Å². The van der Waals surface area contributed by atoms with Crippen LogP contribution < -0.4 is 0 Å². The van der Waals surface area contributed by atoms with Gasteiger partial charge < -0.3 is 5.11 Å². The molecule has 0 radical (unpaired) electrons. The van der Waals surface area contributed by atoms with E-state index in [0.717, 1.165) is 11.1 Å². The van der Waals surface area contributed by atoms with E-state index in [2.05, 4.69) is 44.2 Å². The molecule has 0 aliphatic rings. The van der Waals surface area contributed by atoms with Gasteiger partial charge in [0, 0.05) is 0 Å². The van der Waals surface area contributed by atoms with E-state index in [9.17, 15) is 4.79 Å². The minimum atomic E-state index is -0.813. The van der Waals surface area contributed by atoms with Crippen molar-refractivity contribution in [3.8, 4) is 11.1 Å². The van der Waals surface area contributed by atoms with E-state index < -0.39 is 5.97 Å². The summed E-state index contributed by atoms with van der Waals surface area (Å²) in [5.41, 5.74) is 5.88. The average molecular weight is 266 g/mol. The number of carbonyl (C=O) groups is 1. The van der Waals surface area contributed by atoms with Gasteiger partial charge in [-0.25, -0.2) is 0 Å². The third-order valence-corrected chi connectivity index (χ3v) is 3.18. The molecule has 0 atom stereocenters. The van der Waals surface area contributed by atoms with E-state index in [1.165, 1.54) is 16.7 Å². The molecule has 2 aromatic carbocycles. The minimum absolute atomic E-state index is 0.0494. The Morgan fingerprint density at radius 1 is 1.15 bits per heavy atom. The van der Waals surface area contributed by atoms with Crippen molar-refractivity contribution in [1.82, 2.24) is 0 Å². The fourth-order valence-electron chi connectivity index (χ4n) is 2.24. The molecule has 1 N–H and O–H groups in total. The van der Waals surface area contributed by atoms with Crippen LogP contribution in [-0.2, 0) is 4.79 Å². The van der Waals surface area contributed by atoms with Crippen LogP contribution in [0.5, 0.6) is 0 Å². The first-order valence-corrected chi connectivity index (χ1v) is 6.62. The molecule has 2 nitrogen and oxygen atoms in total. The van der Waals surface area contributed by atoms with E-state index in [-0.39, 0.29) is 6.42 Å². The molecule has 0 saturated heterocycles. The second-order valence-corrected chi connectivity index (χ2v) is 4.94. The van der Waals surface area contributed by atoms with Gasteiger partial charge in [-0.05, 0) is 42.2 Å². The standard InChI is InChI=1S/C18H18O2/c1-13-9-10-17(14(2)11-13)16-7-3-5-15(12-16)6-4-8-18(19)20/h3-7,9-12H,8H2,1-2H3,(H,19,20)/b6-4+. The Balaban J connectivity index is 2.29. The lowest BCUT2D eigenvalue weighted by molar-refractivity contribution is -0.135. The Kier molecular flexibility index (Phi) is 4.36. The molecule has 2 rings (SSSR count). The highest BCUT2D eigenvalue weighted by Gasteiger charge is 2.02. The molecule has 0 fully saturated rings. The third kappa shape index (κ3) is 3.58. The van der Waals surface area contributed by atoms with Gasteiger partial charge in [-0.3, -0.25) is 4.79 Å². The van der Waals surface area contributed by atoms with Crippen molar-refractivity contribution in [1.29, 1.82) is 0 Å². The number of hydrogen-bond donors (Lipinski definition) is 1. The Labute approximate surface area is 119 Å². The van der Waals surface area contributed by atoms with E-state index in [1.807, 2.05) is 18.2 Å². The molecule has 0 amide bonds. The van der Waals surface area contributed by atoms with Gasteiger partial charge in [0.2, 0.25) is 0 Å². The van der Waals surface area contributed by atoms with Crippen molar-refractivity contribution in [3.05, 3.63) is 65.2 Å². The average Bonchev–Trinajstić information content (AvgIpc) is 2.38. The van der Waals surface area contributed by atoms with Crippen molar-refractivity contribution >= 4 is 12.0 Å². The lowest BCUT2D eigenvalue weighted by atomic mass is 9.97. The summed E-state index contributed by atoms with van der Waals surface area (Å²) in [5, 5.41) is 8.64. The summed E-state index contributed by atoms with van der Waals surface area (Å²) in [4.78, 5) is 10.5. The Morgan fingerprint density at radius 3 is 2.65 bits per heavy atom. The normalized spacial score (nSPS) is 10.9. The van der Waals surface area contributed by atoms with E-state index in [1.54, 1.807) is 6.08 Å². The molecule has 0 aromatic heterocycles. The topological polar surface area (TPSA) is 37.3 Å². The highest BCUT2D eigenvalue weighted by molar-refractivity contribution is 5.72. The zero-order valence-corrected chi connectivity index (χ0v) is 11.8. The summed E-state index contributed by atoms with van der Waals surface area (Å²) >= 11 is 0. The van der Waals surface area contributed by atoms with Gasteiger partial charge in [-0.2, -0.15) is 0 Å². The second kappa shape index (κ2) is 6.20. The summed E-state index contributed by atoms with van der Waals surface area (Å²) < 4.78 is 0. The first-order chi connectivity index (χ1) is 9.56. The van der Waals surface area contributed by atoms with Crippen LogP contribution in [-0.4, -0.2) is 11.1 Å². The number of benzene rings is 2. The Hall–Kier alpha value is -2.35. The summed E-state index contributed by atoms with van der Waals surface area (Å²) in [7, 11) is 0. The predicted octanol–water partition coefficient (Wildman–Crippen LogP) is 4.46. The van der Waals surface area contributed by atoms with Gasteiger partial charge in [-0.15, -0.1) is 0 Å². The number of aryl methyl sites for hydroxylation is 2. The molecule has 20 heavy (non-hydrogen) atoms. The van der Waals surface area contributed by atoms with E-state index >= 15 is 0 Å². The molecule has 0 bridgehead atoms. The van der Waals surface area contributed by atoms with Gasteiger partial charge in [0.25, 0.3) is 0 Å². The lowest BCUT2D eigenvalue weighted by Crippen LogP contribution is -1.89. The van der Waals surface area contributed by atoms with E-state index in [4.69, 9.17) is 5.11 Å². The monoisotopic (exact) mass is 266 g/mol. The fraction of sp³-hybridized carbons (Fsp3) is 0.167. The summed E-state index contributed by atoms with van der Waals surface area (Å²) in [6.07, 6.45) is 3.57. The minimum Gasteiger partial charge on any atom is -0.481 e. The maximum atomic E-state index is 10.5. The van der Waals surface area contributed by atoms with Crippen LogP contribution in [0.2, 0.25) is 0 Å². The molecular weight excluding hydrogens is 248 g/mol. The molecule has 0 unspecified atom stereocenters. The largest absolute Gasteiger partial charge is 0.481 e. The lowest BCUT2D eigenvalue weighted by Gasteiger charge is -2.08. The highest BCUT2D eigenvalue weighted by atomic mass is 16.4. The van der Waals surface area contributed by atoms with Crippen LogP contribution in [0.25, 0.3) is 17.2 Å². The van der Waals surface area contributed by atoms with Crippen molar-refractivity contribution in [3.63, 3.8) is 0 Å². The number of hydrogen-bond acceptors (Lipinski definition) is 1. The Bertz CT molecular complexity index is 654. The maximum absolute atomic E-state index is 10.5. The van der Waals surface area contributed by atoms with Gasteiger partial charge in [-0.1, -0.05) is 54.1 Å². The van der Waals surface area contributed by atoms with Crippen molar-refractivity contribution in [2.45, 2.75) is 20.3 Å². The van der Waals surface area contributed by atoms with Crippen molar-refractivity contribution < 1.29 is 9.90 Å². The number of carboxylic acid groups (broad SMARTS) is 1. The van der Waals surface area contributed by atoms with Crippen LogP contribution in [0, 0.1) is 13.8 Å². The quantitative estimate of drug-likeness (QED) is 0.887. The molecule has 0 aliphatic heterocycles. The summed E-state index contributed by atoms with van der Waals surface area (Å²) in [6, 6.07) is 14.5. The zero-order valence-electron chi connectivity index (χ0n) is 11.8. The zero-order chi connectivity index (χ0) is 14.5.